The molecule has 3 fully saturated rings. The van der Waals surface area contributed by atoms with Crippen molar-refractivity contribution in [1.82, 2.24) is 5.32 Å². The van der Waals surface area contributed by atoms with Gasteiger partial charge in [-0.3, -0.25) is 0 Å². The van der Waals surface area contributed by atoms with Crippen molar-refractivity contribution in [2.75, 3.05) is 20.3 Å². The van der Waals surface area contributed by atoms with Crippen LogP contribution in [0.2, 0.25) is 0 Å². The fraction of sp³-hybridized carbons (Fsp3) is 0.774. The molecular formula is C31H49AlINO12. The van der Waals surface area contributed by atoms with Crippen LogP contribution in [0.3, 0.4) is 0 Å². The summed E-state index contributed by atoms with van der Waals surface area (Å²) in [6.07, 6.45) is -9.81. The Hall–Kier alpha value is -0.648. The van der Waals surface area contributed by atoms with Crippen molar-refractivity contribution in [3.05, 3.63) is 35.9 Å². The highest BCUT2D eigenvalue weighted by Crippen LogP contribution is 2.40. The fourth-order valence-corrected chi connectivity index (χ4v) is 7.69. The molecule has 0 spiro atoms. The standard InChI is InChI=1S/C31H48NO12.Al.HI.H/c1-15-16(2)22(14-39-13-20-10-8-7-9-11-20)42-29(17(15)3)43-26-18(4)19(5)40-28(36)27(26)44-30-23(32-31(37)38-6)25(35)24(34)21(12-33)41-30;;;/h7-11,15-19,21-30,33-35H,12-14H2,1-6H3,(H,32,37);;1H;/q-1;+2;;/p-1/t15?,16-,17?,18-,19?,21?,22-,23?,24+,25+,26-,27?,28+,29+,30-;;;/m0.../s1. The molecule has 3 saturated heterocycles. The van der Waals surface area contributed by atoms with Gasteiger partial charge in [0.1, 0.15) is 30.5 Å². The molecule has 6 unspecified atom stereocenters. The number of aliphatic hydroxyl groups is 3. The molecule has 3 aliphatic heterocycles. The number of halogens is 1. The lowest BCUT2D eigenvalue weighted by atomic mass is 9.79. The Labute approximate surface area is 288 Å². The highest BCUT2D eigenvalue weighted by Gasteiger charge is 2.52. The van der Waals surface area contributed by atoms with Crippen molar-refractivity contribution in [2.45, 2.75) is 109 Å². The Kier molecular flexibility index (Phi) is 14.8. The minimum Gasteiger partial charge on any atom is -0.470 e. The molecule has 260 valence electrons. The molecule has 13 nitrogen and oxygen atoms in total. The number of carbonyl (C=O) groups is 1. The Morgan fingerprint density at radius 3 is 2.20 bits per heavy atom. The van der Waals surface area contributed by atoms with Gasteiger partial charge < -0.3 is 57.6 Å². The fourth-order valence-electron chi connectivity index (χ4n) is 6.23. The highest BCUT2D eigenvalue weighted by atomic mass is 127. The van der Waals surface area contributed by atoms with Crippen LogP contribution in [0.1, 0.15) is 40.2 Å². The number of aliphatic hydroxyl groups excluding tert-OH is 3. The lowest BCUT2D eigenvalue weighted by Crippen LogP contribution is -2.67. The lowest BCUT2D eigenvalue weighted by molar-refractivity contribution is -0.361. The van der Waals surface area contributed by atoms with E-state index >= 15 is 0 Å². The van der Waals surface area contributed by atoms with Crippen LogP contribution >= 0.6 is 20.3 Å². The van der Waals surface area contributed by atoms with E-state index in [0.29, 0.717) is 13.2 Å². The van der Waals surface area contributed by atoms with Gasteiger partial charge in [0, 0.05) is 11.8 Å². The predicted molar refractivity (Wildman–Crippen MR) is 175 cm³/mol. The van der Waals surface area contributed by atoms with Crippen LogP contribution in [0.25, 0.3) is 0 Å². The van der Waals surface area contributed by atoms with Crippen molar-refractivity contribution < 1.29 is 57.1 Å². The van der Waals surface area contributed by atoms with Crippen molar-refractivity contribution in [3.63, 3.8) is 0 Å². The van der Waals surface area contributed by atoms with Gasteiger partial charge in [0.15, 0.2) is 18.9 Å². The summed E-state index contributed by atoms with van der Waals surface area (Å²) in [5.41, 5.74) is 1.08. The molecule has 0 aromatic heterocycles. The van der Waals surface area contributed by atoms with Crippen LogP contribution in [-0.2, 0) is 43.6 Å². The molecule has 15 atom stereocenters. The number of benzene rings is 1. The zero-order valence-corrected chi connectivity index (χ0v) is 30.8. The third-order valence-electron chi connectivity index (χ3n) is 9.74. The van der Waals surface area contributed by atoms with Crippen molar-refractivity contribution in [2.24, 2.45) is 23.7 Å². The van der Waals surface area contributed by atoms with Gasteiger partial charge in [-0.1, -0.05) is 58.0 Å². The Morgan fingerprint density at radius 1 is 0.870 bits per heavy atom. The van der Waals surface area contributed by atoms with E-state index in [9.17, 15) is 20.1 Å². The number of hydrogen-bond donors (Lipinski definition) is 4. The molecule has 3 heterocycles. The van der Waals surface area contributed by atoms with Gasteiger partial charge >= 0.3 is 18.4 Å². The molecule has 0 radical (unpaired) electrons. The average Bonchev–Trinajstić information content (AvgIpc) is 3.05. The van der Waals surface area contributed by atoms with Crippen LogP contribution in [0.4, 0.5) is 4.79 Å². The molecule has 3 aliphatic rings. The summed E-state index contributed by atoms with van der Waals surface area (Å²) in [4.78, 5) is 12.2. The van der Waals surface area contributed by atoms with Crippen molar-refractivity contribution in [1.29, 1.82) is 0 Å². The van der Waals surface area contributed by atoms with Gasteiger partial charge in [-0.2, -0.15) is 20.3 Å². The Balaban J connectivity index is 1.56. The SMILES string of the molecule is COC(=O)NC1[C@H](OC2[C@H]([O][AlH][I])OC(C)[C@H](C)[C@@H]2O[C@H]2O[C@@H](COCc3ccccc3)[C@@H](C)C(C)C2C)OC(CO)[C@@H](O)[C@@H]1O. The summed E-state index contributed by atoms with van der Waals surface area (Å²) in [6, 6.07) is 8.75. The van der Waals surface area contributed by atoms with Gasteiger partial charge in [-0.25, -0.2) is 4.79 Å². The number of ether oxygens (including phenoxy) is 7. The summed E-state index contributed by atoms with van der Waals surface area (Å²) in [6.45, 7) is 10.7. The number of amides is 1. The predicted octanol–water partition coefficient (Wildman–Crippen LogP) is 1.87. The summed E-state index contributed by atoms with van der Waals surface area (Å²) >= 11 is 1.18. The van der Waals surface area contributed by atoms with E-state index in [-0.39, 0.29) is 35.9 Å². The minimum absolute atomic E-state index is 0.0279. The molecule has 4 rings (SSSR count). The number of alkyl carbamates (subject to hydrolysis) is 1. The molecule has 1 aromatic carbocycles. The van der Waals surface area contributed by atoms with E-state index in [4.69, 9.17) is 36.9 Å². The molecule has 0 bridgehead atoms. The Bertz CT molecular complexity index is 1080. The van der Waals surface area contributed by atoms with E-state index in [1.807, 2.05) is 44.2 Å². The maximum atomic E-state index is 12.2. The molecular weight excluding hydrogens is 732 g/mol. The first-order valence-corrected chi connectivity index (χ1v) is 21.6. The third kappa shape index (κ3) is 9.12. The van der Waals surface area contributed by atoms with E-state index < -0.39 is 80.4 Å². The zero-order chi connectivity index (χ0) is 33.5. The maximum Gasteiger partial charge on any atom is 0.527 e. The summed E-state index contributed by atoms with van der Waals surface area (Å²) in [5.74, 6) is 0.301. The first-order chi connectivity index (χ1) is 22.0. The first kappa shape index (κ1) is 38.2. The van der Waals surface area contributed by atoms with Gasteiger partial charge in [-0.15, -0.1) is 0 Å². The molecule has 4 N–H and O–H groups in total. The quantitative estimate of drug-likeness (QED) is 0.180. The van der Waals surface area contributed by atoms with Crippen molar-refractivity contribution in [3.8, 4) is 0 Å². The summed E-state index contributed by atoms with van der Waals surface area (Å²) in [5, 5.41) is 33.8. The smallest absolute Gasteiger partial charge is 0.470 e. The second-order valence-electron chi connectivity index (χ2n) is 12.5. The summed E-state index contributed by atoms with van der Waals surface area (Å²) < 4.78 is 49.0. The second kappa shape index (κ2) is 17.8. The van der Waals surface area contributed by atoms with Crippen LogP contribution < -0.4 is 5.32 Å². The number of rotatable bonds is 12. The van der Waals surface area contributed by atoms with Crippen LogP contribution in [0.15, 0.2) is 30.3 Å². The third-order valence-corrected chi connectivity index (χ3v) is 11.3. The zero-order valence-electron chi connectivity index (χ0n) is 27.3. The number of hydrogen-bond acceptors (Lipinski definition) is 12. The van der Waals surface area contributed by atoms with E-state index in [1.165, 1.54) is 7.11 Å². The lowest BCUT2D eigenvalue weighted by Gasteiger charge is -2.51. The van der Waals surface area contributed by atoms with Crippen LogP contribution in [0.5, 0.6) is 0 Å². The normalized spacial score (nSPS) is 41.5. The number of carbonyl (C=O) groups excluding carboxylic acids is 1. The van der Waals surface area contributed by atoms with E-state index in [2.05, 4.69) is 46.4 Å². The van der Waals surface area contributed by atoms with Gasteiger partial charge in [0.2, 0.25) is 0 Å². The van der Waals surface area contributed by atoms with Gasteiger partial charge in [-0.05, 0) is 24.3 Å². The van der Waals surface area contributed by atoms with E-state index in [1.54, 1.807) is 0 Å². The second-order valence-corrected chi connectivity index (χ2v) is 15.0. The Morgan fingerprint density at radius 2 is 1.54 bits per heavy atom. The topological polar surface area (TPSA) is 164 Å². The van der Waals surface area contributed by atoms with Gasteiger partial charge in [0.05, 0.1) is 45.2 Å². The maximum absolute atomic E-state index is 12.2. The summed E-state index contributed by atoms with van der Waals surface area (Å²) in [7, 11) is 1.18. The van der Waals surface area contributed by atoms with E-state index in [0.717, 1.165) is 5.56 Å². The van der Waals surface area contributed by atoms with Crippen LogP contribution in [0, 0.1) is 23.7 Å². The molecule has 46 heavy (non-hydrogen) atoms. The molecule has 0 aliphatic carbocycles. The monoisotopic (exact) mass is 781 g/mol. The van der Waals surface area contributed by atoms with Crippen LogP contribution in [-0.4, -0.2) is 122 Å². The minimum atomic E-state index is -1.53. The average molecular weight is 782 g/mol. The van der Waals surface area contributed by atoms with Crippen molar-refractivity contribution >= 4 is 38.6 Å². The molecule has 1 amide bonds. The first-order valence-electron chi connectivity index (χ1n) is 15.9. The number of methoxy groups -OCH3 is 1. The molecule has 0 saturated carbocycles. The highest BCUT2D eigenvalue weighted by molar-refractivity contribution is 14.1. The molecule has 1 aromatic rings. The molecule has 15 heteroatoms. The van der Waals surface area contributed by atoms with Gasteiger partial charge in [0.25, 0.3) is 0 Å². The number of nitrogens with one attached hydrogen (secondary N) is 1. The largest absolute Gasteiger partial charge is 0.527 e.